The third-order valence-electron chi connectivity index (χ3n) is 4.62. The number of rotatable bonds is 5. The first kappa shape index (κ1) is 22.1. The van der Waals surface area contributed by atoms with Gasteiger partial charge in [0.2, 0.25) is 0 Å². The molecule has 2 aromatic rings. The van der Waals surface area contributed by atoms with E-state index in [0.29, 0.717) is 4.22 Å². The maximum absolute atomic E-state index is 3.68. The average molecular weight is 410 g/mol. The van der Waals surface area contributed by atoms with Crippen LogP contribution in [0.4, 0.5) is 5.69 Å². The predicted molar refractivity (Wildman–Crippen MR) is 110 cm³/mol. The molecular formula is C21H25Cl2NTi. The van der Waals surface area contributed by atoms with E-state index in [1.807, 2.05) is 0 Å². The second kappa shape index (κ2) is 10.2. The molecule has 4 heteroatoms. The summed E-state index contributed by atoms with van der Waals surface area (Å²) in [5, 5.41) is 0. The number of benzene rings is 2. The quantitative estimate of drug-likeness (QED) is 0.533. The van der Waals surface area contributed by atoms with E-state index < -0.39 is 0 Å². The van der Waals surface area contributed by atoms with Gasteiger partial charge in [0, 0.05) is 0 Å². The van der Waals surface area contributed by atoms with Gasteiger partial charge in [-0.3, -0.25) is 0 Å². The van der Waals surface area contributed by atoms with Crippen molar-refractivity contribution in [3.63, 3.8) is 0 Å². The predicted octanol–water partition coefficient (Wildman–Crippen LogP) is 6.82. The van der Waals surface area contributed by atoms with Gasteiger partial charge in [-0.1, -0.05) is 0 Å². The molecule has 3 rings (SSSR count). The van der Waals surface area contributed by atoms with Crippen molar-refractivity contribution in [1.29, 1.82) is 0 Å². The zero-order chi connectivity index (χ0) is 16.2. The van der Waals surface area contributed by atoms with Crippen molar-refractivity contribution >= 4 is 36.1 Å². The Morgan fingerprint density at radius 2 is 1.56 bits per heavy atom. The number of hydrogen-bond acceptors (Lipinski definition) is 1. The molecule has 1 atom stereocenters. The molecule has 25 heavy (non-hydrogen) atoms. The van der Waals surface area contributed by atoms with Crippen LogP contribution >= 0.6 is 24.8 Å². The van der Waals surface area contributed by atoms with E-state index in [1.165, 1.54) is 33.5 Å². The van der Waals surface area contributed by atoms with Gasteiger partial charge in [0.15, 0.2) is 0 Å². The van der Waals surface area contributed by atoms with Crippen LogP contribution in [0, 0.1) is 0 Å². The largest absolute Gasteiger partial charge is 0.147 e. The van der Waals surface area contributed by atoms with Crippen LogP contribution in [0.3, 0.4) is 0 Å². The Morgan fingerprint density at radius 1 is 0.920 bits per heavy atom. The third-order valence-corrected chi connectivity index (χ3v) is 6.45. The van der Waals surface area contributed by atoms with Crippen molar-refractivity contribution in [3.05, 3.63) is 82.9 Å². The van der Waals surface area contributed by atoms with Gasteiger partial charge in [-0.2, -0.15) is 0 Å². The van der Waals surface area contributed by atoms with Gasteiger partial charge in [-0.15, -0.1) is 24.8 Å². The van der Waals surface area contributed by atoms with Crippen molar-refractivity contribution in [2.75, 3.05) is 3.80 Å². The minimum Gasteiger partial charge on any atom is -0.147 e. The van der Waals surface area contributed by atoms with Gasteiger partial charge < -0.3 is 0 Å². The summed E-state index contributed by atoms with van der Waals surface area (Å²) in [6, 6.07) is 19.5. The molecule has 0 spiro atoms. The summed E-state index contributed by atoms with van der Waals surface area (Å²) in [6.07, 6.45) is 3.43. The first-order valence-corrected chi connectivity index (χ1v) is 9.88. The van der Waals surface area contributed by atoms with Crippen molar-refractivity contribution in [2.45, 2.75) is 31.4 Å². The number of nitrogens with one attached hydrogen (secondary N) is 1. The fourth-order valence-electron chi connectivity index (χ4n) is 3.05. The average Bonchev–Trinajstić information content (AvgIpc) is 2.93. The van der Waals surface area contributed by atoms with E-state index in [2.05, 4.69) is 85.2 Å². The first-order valence-electron chi connectivity index (χ1n) is 8.19. The van der Waals surface area contributed by atoms with Crippen LogP contribution in [-0.2, 0) is 19.4 Å². The van der Waals surface area contributed by atoms with E-state index in [-0.39, 0.29) is 44.2 Å². The standard InChI is InChI=1S/C15H17.C6H6N.2ClH.Ti/c1-4-13-7-5-6-8-15(13)14-10-9-11(2)12(14)3;7-6-4-2-1-3-5-6;;;/h4-9H,10H2,1-3H3;1-5,7H;2*1H;/q;-1;;;+1. The van der Waals surface area contributed by atoms with Crippen molar-refractivity contribution in [1.82, 2.24) is 0 Å². The molecular weight excluding hydrogens is 385 g/mol. The number of halogens is 2. The number of hydrogen-bond donors (Lipinski definition) is 1. The fraction of sp³-hybridized carbons (Fsp3) is 0.238. The molecule has 0 saturated heterocycles. The van der Waals surface area contributed by atoms with E-state index in [0.717, 1.165) is 6.42 Å². The van der Waals surface area contributed by atoms with Crippen LogP contribution in [0.15, 0.2) is 71.8 Å². The Bertz CT molecular complexity index is 754. The van der Waals surface area contributed by atoms with Gasteiger partial charge in [-0.05, 0) is 0 Å². The Labute approximate surface area is 173 Å². The normalized spacial score (nSPS) is 14.1. The molecule has 0 aromatic heterocycles. The maximum Gasteiger partial charge on any atom is -0.147 e. The Morgan fingerprint density at radius 3 is 2.20 bits per heavy atom. The second-order valence-electron chi connectivity index (χ2n) is 6.14. The molecule has 1 aliphatic rings. The molecule has 0 saturated carbocycles. The molecule has 2 aromatic carbocycles. The fourth-order valence-corrected chi connectivity index (χ4v) is 4.55. The number of allylic oxidation sites excluding steroid dienone is 4. The SMILES string of the molecule is CC1=CCC(c2ccccc2[CH](C)[Ti][NH]c2ccccc2)=C1C.Cl.Cl. The van der Waals surface area contributed by atoms with Crippen LogP contribution < -0.4 is 3.80 Å². The zero-order valence-corrected chi connectivity index (χ0v) is 18.1. The van der Waals surface area contributed by atoms with Gasteiger partial charge in [0.1, 0.15) is 0 Å². The van der Waals surface area contributed by atoms with Gasteiger partial charge >= 0.3 is 149 Å². The van der Waals surface area contributed by atoms with Crippen LogP contribution in [0.25, 0.3) is 5.57 Å². The van der Waals surface area contributed by atoms with Crippen LogP contribution in [0.2, 0.25) is 0 Å². The smallest absolute Gasteiger partial charge is 0.147 e. The summed E-state index contributed by atoms with van der Waals surface area (Å²) < 4.78 is 4.27. The van der Waals surface area contributed by atoms with Gasteiger partial charge in [0.05, 0.1) is 0 Å². The Hall–Kier alpha value is -0.986. The molecule has 1 nitrogen and oxygen atoms in total. The molecule has 0 fully saturated rings. The third kappa shape index (κ3) is 5.25. The van der Waals surface area contributed by atoms with E-state index >= 15 is 0 Å². The first-order chi connectivity index (χ1) is 11.2. The molecule has 0 amide bonds. The molecule has 132 valence electrons. The Balaban J connectivity index is 0.00000156. The molecule has 0 heterocycles. The van der Waals surface area contributed by atoms with Gasteiger partial charge in [0.25, 0.3) is 0 Å². The molecule has 1 N–H and O–H groups in total. The van der Waals surface area contributed by atoms with E-state index in [9.17, 15) is 0 Å². The van der Waals surface area contributed by atoms with E-state index in [1.54, 1.807) is 0 Å². The summed E-state index contributed by atoms with van der Waals surface area (Å²) in [6.45, 7) is 6.84. The molecule has 0 aliphatic heterocycles. The molecule has 1 aliphatic carbocycles. The molecule has 1 unspecified atom stereocenters. The Kier molecular flexibility index (Phi) is 9.03. The van der Waals surface area contributed by atoms with Crippen LogP contribution in [0.1, 0.15) is 42.5 Å². The molecule has 0 bridgehead atoms. The number of para-hydroxylation sites is 1. The minimum atomic E-state index is -0.291. The second-order valence-corrected chi connectivity index (χ2v) is 8.33. The monoisotopic (exact) mass is 409 g/mol. The minimum absolute atomic E-state index is 0. The van der Waals surface area contributed by atoms with E-state index in [4.69, 9.17) is 0 Å². The summed E-state index contributed by atoms with van der Waals surface area (Å²) in [7, 11) is 0. The van der Waals surface area contributed by atoms with Gasteiger partial charge in [-0.25, -0.2) is 0 Å². The van der Waals surface area contributed by atoms with Crippen molar-refractivity contribution in [3.8, 4) is 0 Å². The summed E-state index contributed by atoms with van der Waals surface area (Å²) >= 11 is -0.291. The van der Waals surface area contributed by atoms with Crippen molar-refractivity contribution < 1.29 is 19.4 Å². The maximum atomic E-state index is 3.68. The topological polar surface area (TPSA) is 12.0 Å². The molecule has 0 radical (unpaired) electrons. The summed E-state index contributed by atoms with van der Waals surface area (Å²) in [4.78, 5) is 0. The zero-order valence-electron chi connectivity index (χ0n) is 14.9. The van der Waals surface area contributed by atoms with Crippen molar-refractivity contribution in [2.24, 2.45) is 0 Å². The summed E-state index contributed by atoms with van der Waals surface area (Å²) in [5.74, 6) is 0. The number of anilines is 1. The summed E-state index contributed by atoms with van der Waals surface area (Å²) in [5.41, 5.74) is 8.58. The van der Waals surface area contributed by atoms with Crippen LogP contribution in [0.5, 0.6) is 0 Å². The van der Waals surface area contributed by atoms with Crippen LogP contribution in [-0.4, -0.2) is 0 Å².